The van der Waals surface area contributed by atoms with Crippen LogP contribution in [0.2, 0.25) is 0 Å². The van der Waals surface area contributed by atoms with Crippen molar-refractivity contribution in [1.82, 2.24) is 0 Å². The number of thiocarbonyl (C=S) groups is 1. The molecule has 2 nitrogen and oxygen atoms in total. The third kappa shape index (κ3) is 4.19. The summed E-state index contributed by atoms with van der Waals surface area (Å²) in [5.74, 6) is 2.92. The lowest BCUT2D eigenvalue weighted by molar-refractivity contribution is 0.0460. The third-order valence-electron chi connectivity index (χ3n) is 4.45. The Labute approximate surface area is 141 Å². The zero-order valence-electron chi connectivity index (χ0n) is 12.9. The lowest BCUT2D eigenvalue weighted by Crippen LogP contribution is -2.36. The molecule has 4 heteroatoms. The van der Waals surface area contributed by atoms with E-state index in [4.69, 9.17) is 22.7 Å². The van der Waals surface area contributed by atoms with Gasteiger partial charge < -0.3 is 10.5 Å². The van der Waals surface area contributed by atoms with Gasteiger partial charge >= 0.3 is 0 Å². The van der Waals surface area contributed by atoms with Crippen molar-refractivity contribution in [2.45, 2.75) is 46.1 Å². The van der Waals surface area contributed by atoms with Gasteiger partial charge in [0.1, 0.15) is 16.8 Å². The molecule has 0 bridgehead atoms. The monoisotopic (exact) mass is 369 g/mol. The van der Waals surface area contributed by atoms with E-state index < -0.39 is 0 Å². The van der Waals surface area contributed by atoms with Crippen LogP contribution < -0.4 is 10.5 Å². The summed E-state index contributed by atoms with van der Waals surface area (Å²) < 4.78 is 7.20. The zero-order chi connectivity index (χ0) is 15.6. The second-order valence-electron chi connectivity index (χ2n) is 6.49. The topological polar surface area (TPSA) is 35.2 Å². The summed E-state index contributed by atoms with van der Waals surface area (Å²) >= 11 is 8.55. The molecular formula is C17H24BrNOS. The number of ether oxygens (including phenoxy) is 1. The number of hydrogen-bond donors (Lipinski definition) is 1. The third-order valence-corrected chi connectivity index (χ3v) is 5.33. The van der Waals surface area contributed by atoms with Crippen LogP contribution in [-0.4, -0.2) is 11.1 Å². The van der Waals surface area contributed by atoms with E-state index in [1.807, 2.05) is 18.2 Å². The number of rotatable bonds is 4. The van der Waals surface area contributed by atoms with Crippen LogP contribution in [-0.2, 0) is 0 Å². The van der Waals surface area contributed by atoms with Gasteiger partial charge in [0.15, 0.2) is 0 Å². The van der Waals surface area contributed by atoms with Crippen molar-refractivity contribution in [3.05, 3.63) is 28.2 Å². The maximum absolute atomic E-state index is 6.30. The van der Waals surface area contributed by atoms with Crippen LogP contribution >= 0.6 is 28.1 Å². The summed E-state index contributed by atoms with van der Waals surface area (Å²) in [5.41, 5.74) is 6.55. The molecule has 3 unspecified atom stereocenters. The Bertz CT molecular complexity index is 518. The largest absolute Gasteiger partial charge is 0.490 e. The van der Waals surface area contributed by atoms with Crippen molar-refractivity contribution in [1.29, 1.82) is 0 Å². The van der Waals surface area contributed by atoms with Crippen LogP contribution in [0.3, 0.4) is 0 Å². The van der Waals surface area contributed by atoms with Crippen molar-refractivity contribution >= 4 is 33.1 Å². The van der Waals surface area contributed by atoms with E-state index in [0.29, 0.717) is 22.9 Å². The fourth-order valence-corrected chi connectivity index (χ4v) is 4.07. The van der Waals surface area contributed by atoms with Gasteiger partial charge in [-0.1, -0.05) is 39.4 Å². The fraction of sp³-hybridized carbons (Fsp3) is 0.588. The molecule has 1 fully saturated rings. The highest BCUT2D eigenvalue weighted by Gasteiger charge is 2.32. The number of benzene rings is 1. The summed E-state index contributed by atoms with van der Waals surface area (Å²) in [5, 5.41) is 0. The van der Waals surface area contributed by atoms with Crippen LogP contribution in [0.5, 0.6) is 5.75 Å². The molecule has 21 heavy (non-hydrogen) atoms. The lowest BCUT2D eigenvalue weighted by atomic mass is 9.75. The van der Waals surface area contributed by atoms with Crippen LogP contribution in [0.15, 0.2) is 22.7 Å². The van der Waals surface area contributed by atoms with Crippen molar-refractivity contribution in [2.75, 3.05) is 0 Å². The van der Waals surface area contributed by atoms with Crippen LogP contribution in [0.1, 0.15) is 45.6 Å². The van der Waals surface area contributed by atoms with Gasteiger partial charge in [0.05, 0.1) is 0 Å². The van der Waals surface area contributed by atoms with E-state index >= 15 is 0 Å². The lowest BCUT2D eigenvalue weighted by Gasteiger charge is -2.37. The van der Waals surface area contributed by atoms with Crippen molar-refractivity contribution in [3.63, 3.8) is 0 Å². The molecule has 3 atom stereocenters. The standard InChI is InChI=1S/C17H24BrNOS/c1-10(2)13-6-4-11(3)8-16(13)20-12-5-7-14(17(19)21)15(18)9-12/h5,7,9-11,13,16H,4,6,8H2,1-3H3,(H2,19,21). The van der Waals surface area contributed by atoms with E-state index in [1.54, 1.807) is 0 Å². The van der Waals surface area contributed by atoms with E-state index in [1.165, 1.54) is 12.8 Å². The van der Waals surface area contributed by atoms with E-state index in [-0.39, 0.29) is 0 Å². The first-order chi connectivity index (χ1) is 9.88. The Morgan fingerprint density at radius 3 is 2.67 bits per heavy atom. The Morgan fingerprint density at radius 2 is 2.10 bits per heavy atom. The van der Waals surface area contributed by atoms with Crippen LogP contribution in [0.4, 0.5) is 0 Å². The van der Waals surface area contributed by atoms with E-state index in [2.05, 4.69) is 36.7 Å². The molecule has 1 aliphatic rings. The molecule has 0 amide bonds. The molecule has 0 aliphatic heterocycles. The second-order valence-corrected chi connectivity index (χ2v) is 7.78. The van der Waals surface area contributed by atoms with Gasteiger partial charge in [-0.2, -0.15) is 0 Å². The van der Waals surface area contributed by atoms with Crippen molar-refractivity contribution < 1.29 is 4.74 Å². The molecule has 2 N–H and O–H groups in total. The summed E-state index contributed by atoms with van der Waals surface area (Å²) in [6.45, 7) is 6.91. The maximum Gasteiger partial charge on any atom is 0.120 e. The van der Waals surface area contributed by atoms with Crippen LogP contribution in [0.25, 0.3) is 0 Å². The molecular weight excluding hydrogens is 346 g/mol. The Morgan fingerprint density at radius 1 is 1.38 bits per heavy atom. The van der Waals surface area contributed by atoms with Crippen LogP contribution in [0, 0.1) is 17.8 Å². The average molecular weight is 370 g/mol. The minimum Gasteiger partial charge on any atom is -0.490 e. The van der Waals surface area contributed by atoms with E-state index in [9.17, 15) is 0 Å². The minimum atomic E-state index is 0.302. The van der Waals surface area contributed by atoms with Gasteiger partial charge in [0.2, 0.25) is 0 Å². The molecule has 1 aromatic carbocycles. The molecule has 1 aliphatic carbocycles. The molecule has 116 valence electrons. The summed E-state index contributed by atoms with van der Waals surface area (Å²) in [6.07, 6.45) is 4.01. The SMILES string of the molecule is CC1CCC(C(C)C)C(Oc2ccc(C(N)=S)c(Br)c2)C1. The Kier molecular flexibility index (Phi) is 5.67. The first kappa shape index (κ1) is 16.8. The Hall–Kier alpha value is -0.610. The average Bonchev–Trinajstić information content (AvgIpc) is 2.37. The zero-order valence-corrected chi connectivity index (χ0v) is 15.3. The van der Waals surface area contributed by atoms with Gasteiger partial charge in [-0.15, -0.1) is 0 Å². The van der Waals surface area contributed by atoms with E-state index in [0.717, 1.165) is 28.1 Å². The highest BCUT2D eigenvalue weighted by Crippen LogP contribution is 2.36. The normalized spacial score (nSPS) is 25.9. The quantitative estimate of drug-likeness (QED) is 0.764. The predicted molar refractivity (Wildman–Crippen MR) is 95.8 cm³/mol. The number of hydrogen-bond acceptors (Lipinski definition) is 2. The van der Waals surface area contributed by atoms with Gasteiger partial charge in [0.25, 0.3) is 0 Å². The molecule has 0 spiro atoms. The first-order valence-corrected chi connectivity index (χ1v) is 8.84. The summed E-state index contributed by atoms with van der Waals surface area (Å²) in [7, 11) is 0. The highest BCUT2D eigenvalue weighted by atomic mass is 79.9. The molecule has 2 rings (SSSR count). The fourth-order valence-electron chi connectivity index (χ4n) is 3.19. The molecule has 1 aromatic rings. The van der Waals surface area contributed by atoms with Gasteiger partial charge in [-0.3, -0.25) is 0 Å². The summed E-state index contributed by atoms with van der Waals surface area (Å²) in [6, 6.07) is 5.87. The maximum atomic E-state index is 6.30. The predicted octanol–water partition coefficient (Wildman–Crippen LogP) is 4.92. The smallest absolute Gasteiger partial charge is 0.120 e. The molecule has 0 saturated heterocycles. The summed E-state index contributed by atoms with van der Waals surface area (Å²) in [4.78, 5) is 0.403. The first-order valence-electron chi connectivity index (χ1n) is 7.64. The molecule has 0 radical (unpaired) electrons. The van der Waals surface area contributed by atoms with Gasteiger partial charge in [0, 0.05) is 10.0 Å². The molecule has 1 saturated carbocycles. The number of nitrogens with two attached hydrogens (primary N) is 1. The Balaban J connectivity index is 2.15. The molecule has 0 aromatic heterocycles. The van der Waals surface area contributed by atoms with Gasteiger partial charge in [-0.05, 0) is 64.7 Å². The molecule has 0 heterocycles. The number of halogens is 1. The minimum absolute atomic E-state index is 0.302. The van der Waals surface area contributed by atoms with Gasteiger partial charge in [-0.25, -0.2) is 0 Å². The van der Waals surface area contributed by atoms with Crippen molar-refractivity contribution in [3.8, 4) is 5.75 Å². The highest BCUT2D eigenvalue weighted by molar-refractivity contribution is 9.10. The second kappa shape index (κ2) is 7.10. The van der Waals surface area contributed by atoms with Crippen molar-refractivity contribution in [2.24, 2.45) is 23.5 Å².